The summed E-state index contributed by atoms with van der Waals surface area (Å²) in [5, 5.41) is 11.8. The van der Waals surface area contributed by atoms with Crippen molar-refractivity contribution in [2.24, 2.45) is 0 Å². The van der Waals surface area contributed by atoms with Crippen molar-refractivity contribution in [1.82, 2.24) is 8.75 Å². The van der Waals surface area contributed by atoms with Gasteiger partial charge in [0.05, 0.1) is 34.1 Å². The number of hydrogen-bond acceptors (Lipinski definition) is 6. The summed E-state index contributed by atoms with van der Waals surface area (Å²) >= 11 is 7.07. The highest BCUT2D eigenvalue weighted by molar-refractivity contribution is 7.00. The molecule has 1 aromatic heterocycles. The van der Waals surface area contributed by atoms with E-state index in [0.717, 1.165) is 17.2 Å². The van der Waals surface area contributed by atoms with Gasteiger partial charge in [0, 0.05) is 0 Å². The molecule has 23 heavy (non-hydrogen) atoms. The molecule has 0 saturated carbocycles. The molecule has 1 heterocycles. The van der Waals surface area contributed by atoms with Crippen LogP contribution in [0.3, 0.4) is 0 Å². The molecule has 0 fully saturated rings. The summed E-state index contributed by atoms with van der Waals surface area (Å²) in [6.07, 6.45) is 0. The minimum absolute atomic E-state index is 0.209. The third-order valence-corrected chi connectivity index (χ3v) is 3.82. The Bertz CT molecular complexity index is 919. The first kappa shape index (κ1) is 15.2. The predicted octanol–water partition coefficient (Wildman–Crippen LogP) is 3.23. The highest BCUT2D eigenvalue weighted by Gasteiger charge is 2.10. The van der Waals surface area contributed by atoms with E-state index in [9.17, 15) is 4.79 Å². The van der Waals surface area contributed by atoms with Gasteiger partial charge in [0.2, 0.25) is 0 Å². The normalized spacial score (nSPS) is 10.3. The van der Waals surface area contributed by atoms with Crippen LogP contribution in [-0.2, 0) is 4.79 Å². The summed E-state index contributed by atoms with van der Waals surface area (Å²) in [5.41, 5.74) is 2.37. The third-order valence-electron chi connectivity index (χ3n) is 2.98. The Hall–Kier alpha value is -2.69. The molecule has 0 radical (unpaired) electrons. The van der Waals surface area contributed by atoms with Gasteiger partial charge < -0.3 is 10.1 Å². The molecule has 1 amide bonds. The van der Waals surface area contributed by atoms with Crippen molar-refractivity contribution in [2.75, 3.05) is 11.9 Å². The number of ether oxygens (including phenoxy) is 1. The smallest absolute Gasteiger partial charge is 0.262 e. The number of halogens is 1. The molecule has 0 aliphatic carbocycles. The molecule has 0 aliphatic rings. The molecule has 0 saturated heterocycles. The van der Waals surface area contributed by atoms with Gasteiger partial charge in [-0.15, -0.1) is 0 Å². The summed E-state index contributed by atoms with van der Waals surface area (Å²) < 4.78 is 13.6. The summed E-state index contributed by atoms with van der Waals surface area (Å²) in [6, 6.07) is 11.9. The van der Waals surface area contributed by atoms with Crippen LogP contribution in [0.15, 0.2) is 36.4 Å². The maximum absolute atomic E-state index is 12.0. The first-order valence-corrected chi connectivity index (χ1v) is 7.62. The largest absolute Gasteiger partial charge is 0.482 e. The monoisotopic (exact) mass is 344 g/mol. The van der Waals surface area contributed by atoms with Crippen molar-refractivity contribution in [3.8, 4) is 11.8 Å². The molecule has 3 rings (SSSR count). The van der Waals surface area contributed by atoms with Crippen molar-refractivity contribution >= 4 is 46.0 Å². The SMILES string of the molecule is N#Cc1ccc(OCC(=O)Nc2cccc3nsnc23)c(Cl)c1. The Morgan fingerprint density at radius 2 is 2.22 bits per heavy atom. The van der Waals surface area contributed by atoms with Gasteiger partial charge in [-0.05, 0) is 30.3 Å². The van der Waals surface area contributed by atoms with E-state index in [1.807, 2.05) is 12.1 Å². The van der Waals surface area contributed by atoms with Gasteiger partial charge in [0.1, 0.15) is 16.8 Å². The molecule has 8 heteroatoms. The highest BCUT2D eigenvalue weighted by atomic mass is 35.5. The third kappa shape index (κ3) is 3.39. The number of fused-ring (bicyclic) bond motifs is 1. The van der Waals surface area contributed by atoms with E-state index in [2.05, 4.69) is 14.1 Å². The number of aromatic nitrogens is 2. The maximum atomic E-state index is 12.0. The maximum Gasteiger partial charge on any atom is 0.262 e. The topological polar surface area (TPSA) is 87.9 Å². The second-order valence-electron chi connectivity index (χ2n) is 4.53. The number of anilines is 1. The second kappa shape index (κ2) is 6.60. The fourth-order valence-electron chi connectivity index (χ4n) is 1.92. The average Bonchev–Trinajstić information content (AvgIpc) is 3.03. The number of nitrogens with one attached hydrogen (secondary N) is 1. The number of amides is 1. The van der Waals surface area contributed by atoms with Gasteiger partial charge in [-0.25, -0.2) is 0 Å². The number of carbonyl (C=O) groups is 1. The Balaban J connectivity index is 1.66. The van der Waals surface area contributed by atoms with E-state index in [1.54, 1.807) is 24.3 Å². The van der Waals surface area contributed by atoms with Crippen molar-refractivity contribution in [1.29, 1.82) is 5.26 Å². The van der Waals surface area contributed by atoms with Gasteiger partial charge in [-0.1, -0.05) is 17.7 Å². The molecule has 3 aromatic rings. The van der Waals surface area contributed by atoms with Crippen LogP contribution in [0.25, 0.3) is 11.0 Å². The Morgan fingerprint density at radius 1 is 1.35 bits per heavy atom. The van der Waals surface area contributed by atoms with Crippen LogP contribution in [-0.4, -0.2) is 21.3 Å². The molecule has 0 bridgehead atoms. The van der Waals surface area contributed by atoms with Gasteiger partial charge in [0.15, 0.2) is 6.61 Å². The predicted molar refractivity (Wildman–Crippen MR) is 87.7 cm³/mol. The van der Waals surface area contributed by atoms with E-state index < -0.39 is 0 Å². The van der Waals surface area contributed by atoms with Gasteiger partial charge in [-0.3, -0.25) is 4.79 Å². The lowest BCUT2D eigenvalue weighted by atomic mass is 10.2. The molecule has 114 valence electrons. The zero-order valence-corrected chi connectivity index (χ0v) is 13.2. The van der Waals surface area contributed by atoms with Gasteiger partial charge in [0.25, 0.3) is 5.91 Å². The molecular weight excluding hydrogens is 336 g/mol. The van der Waals surface area contributed by atoms with E-state index in [0.29, 0.717) is 22.5 Å². The van der Waals surface area contributed by atoms with E-state index >= 15 is 0 Å². The van der Waals surface area contributed by atoms with E-state index in [4.69, 9.17) is 21.6 Å². The molecule has 1 N–H and O–H groups in total. The van der Waals surface area contributed by atoms with Crippen molar-refractivity contribution in [3.05, 3.63) is 47.0 Å². The van der Waals surface area contributed by atoms with Gasteiger partial charge in [-0.2, -0.15) is 14.0 Å². The van der Waals surface area contributed by atoms with E-state index in [-0.39, 0.29) is 17.5 Å². The number of nitrogens with zero attached hydrogens (tertiary/aromatic N) is 3. The first-order chi connectivity index (χ1) is 11.2. The number of nitriles is 1. The molecule has 0 unspecified atom stereocenters. The lowest BCUT2D eigenvalue weighted by Crippen LogP contribution is -2.20. The van der Waals surface area contributed by atoms with Crippen LogP contribution >= 0.6 is 23.3 Å². The quantitative estimate of drug-likeness (QED) is 0.785. The zero-order valence-electron chi connectivity index (χ0n) is 11.6. The van der Waals surface area contributed by atoms with Crippen LogP contribution < -0.4 is 10.1 Å². The fourth-order valence-corrected chi connectivity index (χ4v) is 2.71. The minimum Gasteiger partial charge on any atom is -0.482 e. The number of rotatable bonds is 4. The lowest BCUT2D eigenvalue weighted by Gasteiger charge is -2.09. The van der Waals surface area contributed by atoms with Gasteiger partial charge >= 0.3 is 0 Å². The molecular formula is C15H9ClN4O2S. The summed E-state index contributed by atoms with van der Waals surface area (Å²) in [7, 11) is 0. The minimum atomic E-state index is -0.342. The fraction of sp³-hybridized carbons (Fsp3) is 0.0667. The highest BCUT2D eigenvalue weighted by Crippen LogP contribution is 2.25. The molecule has 6 nitrogen and oxygen atoms in total. The lowest BCUT2D eigenvalue weighted by molar-refractivity contribution is -0.118. The van der Waals surface area contributed by atoms with E-state index in [1.165, 1.54) is 6.07 Å². The summed E-state index contributed by atoms with van der Waals surface area (Å²) in [5.74, 6) is 0.000256. The number of hydrogen-bond donors (Lipinski definition) is 1. The average molecular weight is 345 g/mol. The first-order valence-electron chi connectivity index (χ1n) is 6.51. The van der Waals surface area contributed by atoms with Crippen molar-refractivity contribution in [3.63, 3.8) is 0 Å². The summed E-state index contributed by atoms with van der Waals surface area (Å²) in [4.78, 5) is 12.0. The molecule has 0 atom stereocenters. The van der Waals surface area contributed by atoms with Crippen LogP contribution in [0.5, 0.6) is 5.75 Å². The standard InChI is InChI=1S/C15H9ClN4O2S/c16-10-6-9(7-17)4-5-13(10)22-8-14(21)18-11-2-1-3-12-15(11)20-23-19-12/h1-6H,8H2,(H,18,21). The second-order valence-corrected chi connectivity index (χ2v) is 5.47. The van der Waals surface area contributed by atoms with Crippen molar-refractivity contribution < 1.29 is 9.53 Å². The molecule has 0 spiro atoms. The Morgan fingerprint density at radius 3 is 3.00 bits per heavy atom. The van der Waals surface area contributed by atoms with Crippen LogP contribution in [0.2, 0.25) is 5.02 Å². The van der Waals surface area contributed by atoms with Crippen LogP contribution in [0.1, 0.15) is 5.56 Å². The number of carbonyl (C=O) groups excluding carboxylic acids is 1. The summed E-state index contributed by atoms with van der Waals surface area (Å²) in [6.45, 7) is -0.209. The van der Waals surface area contributed by atoms with Crippen molar-refractivity contribution in [2.45, 2.75) is 0 Å². The molecule has 2 aromatic carbocycles. The number of benzene rings is 2. The Kier molecular flexibility index (Phi) is 4.37. The molecule has 0 aliphatic heterocycles. The Labute approximate surface area is 140 Å². The van der Waals surface area contributed by atoms with Crippen LogP contribution in [0, 0.1) is 11.3 Å². The zero-order chi connectivity index (χ0) is 16.2. The van der Waals surface area contributed by atoms with Crippen LogP contribution in [0.4, 0.5) is 5.69 Å².